The average Bonchev–Trinajstić information content (AvgIpc) is 3.47. The Hall–Kier alpha value is -3.68. The Labute approximate surface area is 174 Å². The molecule has 0 aliphatic heterocycles. The molecule has 3 N–H and O–H groups in total. The van der Waals surface area contributed by atoms with Crippen molar-refractivity contribution >= 4 is 17.6 Å². The first-order valence-corrected chi connectivity index (χ1v) is 10.1. The number of aromatic nitrogens is 3. The van der Waals surface area contributed by atoms with E-state index in [1.807, 2.05) is 18.2 Å². The molecule has 0 unspecified atom stereocenters. The molecular formula is C22H24N6O2. The van der Waals surface area contributed by atoms with Crippen LogP contribution >= 0.6 is 0 Å². The Morgan fingerprint density at radius 3 is 2.57 bits per heavy atom. The molecule has 1 fully saturated rings. The summed E-state index contributed by atoms with van der Waals surface area (Å²) in [5.41, 5.74) is 2.05. The van der Waals surface area contributed by atoms with Gasteiger partial charge in [0.15, 0.2) is 5.82 Å². The molecule has 0 radical (unpaired) electrons. The number of benzene rings is 1. The van der Waals surface area contributed by atoms with Gasteiger partial charge in [-0.05, 0) is 49.2 Å². The van der Waals surface area contributed by atoms with Crippen LogP contribution in [0.3, 0.4) is 0 Å². The lowest BCUT2D eigenvalue weighted by molar-refractivity contribution is 0.0938. The van der Waals surface area contributed by atoms with Crippen LogP contribution in [0.25, 0.3) is 5.82 Å². The minimum absolute atomic E-state index is 0.0689. The number of urea groups is 1. The standard InChI is InChI=1S/C22H24N6O2/c29-21(26-18-6-1-2-7-18)16-8-10-19(11-9-16)27-22(30)24-15-17-5-3-12-23-20(17)28-14-4-13-25-28/h3-5,8-14,18H,1-2,6-7,15H2,(H,26,29)(H2,24,27,30). The van der Waals surface area contributed by atoms with Crippen molar-refractivity contribution in [2.45, 2.75) is 38.3 Å². The predicted molar refractivity (Wildman–Crippen MR) is 113 cm³/mol. The van der Waals surface area contributed by atoms with Crippen LogP contribution in [0.1, 0.15) is 41.6 Å². The van der Waals surface area contributed by atoms with Gasteiger partial charge in [0.2, 0.25) is 0 Å². The van der Waals surface area contributed by atoms with E-state index in [0.717, 1.165) is 18.4 Å². The van der Waals surface area contributed by atoms with Gasteiger partial charge < -0.3 is 16.0 Å². The van der Waals surface area contributed by atoms with Gasteiger partial charge >= 0.3 is 6.03 Å². The number of nitrogens with one attached hydrogen (secondary N) is 3. The summed E-state index contributed by atoms with van der Waals surface area (Å²) < 4.78 is 1.66. The molecule has 0 bridgehead atoms. The minimum Gasteiger partial charge on any atom is -0.349 e. The van der Waals surface area contributed by atoms with E-state index in [1.54, 1.807) is 47.5 Å². The van der Waals surface area contributed by atoms with E-state index in [1.165, 1.54) is 12.8 Å². The molecule has 2 heterocycles. The maximum absolute atomic E-state index is 12.3. The number of amides is 3. The number of nitrogens with zero attached hydrogens (tertiary/aromatic N) is 3. The van der Waals surface area contributed by atoms with E-state index in [4.69, 9.17) is 0 Å². The van der Waals surface area contributed by atoms with Crippen LogP contribution in [0.2, 0.25) is 0 Å². The van der Waals surface area contributed by atoms with Crippen LogP contribution < -0.4 is 16.0 Å². The van der Waals surface area contributed by atoms with Gasteiger partial charge in [0, 0.05) is 48.0 Å². The van der Waals surface area contributed by atoms with Crippen molar-refractivity contribution in [3.8, 4) is 5.82 Å². The van der Waals surface area contributed by atoms with E-state index in [0.29, 0.717) is 23.6 Å². The van der Waals surface area contributed by atoms with Gasteiger partial charge in [0.1, 0.15) is 0 Å². The van der Waals surface area contributed by atoms with Gasteiger partial charge in [-0.25, -0.2) is 14.5 Å². The third-order valence-corrected chi connectivity index (χ3v) is 5.12. The first-order chi connectivity index (χ1) is 14.7. The summed E-state index contributed by atoms with van der Waals surface area (Å²) >= 11 is 0. The second-order valence-electron chi connectivity index (χ2n) is 7.28. The molecule has 1 aliphatic rings. The van der Waals surface area contributed by atoms with Crippen molar-refractivity contribution in [1.29, 1.82) is 0 Å². The smallest absolute Gasteiger partial charge is 0.319 e. The second kappa shape index (κ2) is 9.21. The molecule has 4 rings (SSSR count). The molecule has 0 spiro atoms. The van der Waals surface area contributed by atoms with E-state index < -0.39 is 0 Å². The quantitative estimate of drug-likeness (QED) is 0.587. The summed E-state index contributed by atoms with van der Waals surface area (Å²) in [5, 5.41) is 12.9. The largest absolute Gasteiger partial charge is 0.349 e. The Kier molecular flexibility index (Phi) is 6.03. The highest BCUT2D eigenvalue weighted by Gasteiger charge is 2.18. The summed E-state index contributed by atoms with van der Waals surface area (Å²) in [5.74, 6) is 0.598. The van der Waals surface area contributed by atoms with Crippen LogP contribution in [0.4, 0.5) is 10.5 Å². The fourth-order valence-electron chi connectivity index (χ4n) is 3.56. The number of carbonyl (C=O) groups excluding carboxylic acids is 2. The molecule has 8 nitrogen and oxygen atoms in total. The van der Waals surface area contributed by atoms with Crippen LogP contribution in [-0.2, 0) is 6.54 Å². The zero-order chi connectivity index (χ0) is 20.8. The first kappa shape index (κ1) is 19.6. The summed E-state index contributed by atoms with van der Waals surface area (Å²) in [6.45, 7) is 0.302. The first-order valence-electron chi connectivity index (χ1n) is 10.1. The summed E-state index contributed by atoms with van der Waals surface area (Å²) in [6.07, 6.45) is 9.60. The predicted octanol–water partition coefficient (Wildman–Crippen LogP) is 3.26. The highest BCUT2D eigenvalue weighted by Crippen LogP contribution is 2.18. The highest BCUT2D eigenvalue weighted by atomic mass is 16.2. The van der Waals surface area contributed by atoms with Gasteiger partial charge in [-0.1, -0.05) is 18.9 Å². The van der Waals surface area contributed by atoms with Crippen LogP contribution in [-0.4, -0.2) is 32.7 Å². The molecule has 3 amide bonds. The van der Waals surface area contributed by atoms with Gasteiger partial charge in [0.25, 0.3) is 5.91 Å². The number of rotatable bonds is 6. The fourth-order valence-corrected chi connectivity index (χ4v) is 3.56. The topological polar surface area (TPSA) is 101 Å². The summed E-state index contributed by atoms with van der Waals surface area (Å²) in [7, 11) is 0. The van der Waals surface area contributed by atoms with E-state index in [9.17, 15) is 9.59 Å². The number of pyridine rings is 1. The van der Waals surface area contributed by atoms with E-state index in [-0.39, 0.29) is 18.0 Å². The van der Waals surface area contributed by atoms with Crippen molar-refractivity contribution in [2.24, 2.45) is 0 Å². The van der Waals surface area contributed by atoms with Gasteiger partial charge in [0.05, 0.1) is 0 Å². The zero-order valence-electron chi connectivity index (χ0n) is 16.5. The van der Waals surface area contributed by atoms with Crippen molar-refractivity contribution in [2.75, 3.05) is 5.32 Å². The fraction of sp³-hybridized carbons (Fsp3) is 0.273. The van der Waals surface area contributed by atoms with Gasteiger partial charge in [-0.2, -0.15) is 5.10 Å². The van der Waals surface area contributed by atoms with Crippen molar-refractivity contribution < 1.29 is 9.59 Å². The lowest BCUT2D eigenvalue weighted by Crippen LogP contribution is -2.32. The van der Waals surface area contributed by atoms with Crippen LogP contribution in [0.5, 0.6) is 0 Å². The third kappa shape index (κ3) is 4.83. The Morgan fingerprint density at radius 1 is 1.03 bits per heavy atom. The second-order valence-corrected chi connectivity index (χ2v) is 7.28. The molecular weight excluding hydrogens is 380 g/mol. The number of anilines is 1. The van der Waals surface area contributed by atoms with Crippen LogP contribution in [0.15, 0.2) is 61.1 Å². The van der Waals surface area contributed by atoms with E-state index in [2.05, 4.69) is 26.0 Å². The van der Waals surface area contributed by atoms with Crippen molar-refractivity contribution in [3.63, 3.8) is 0 Å². The molecule has 0 saturated heterocycles. The van der Waals surface area contributed by atoms with Gasteiger partial charge in [-0.3, -0.25) is 4.79 Å². The van der Waals surface area contributed by atoms with E-state index >= 15 is 0 Å². The third-order valence-electron chi connectivity index (χ3n) is 5.12. The molecule has 1 saturated carbocycles. The maximum atomic E-state index is 12.3. The molecule has 8 heteroatoms. The molecule has 2 aromatic heterocycles. The lowest BCUT2D eigenvalue weighted by Gasteiger charge is -2.13. The Bertz CT molecular complexity index is 995. The Balaban J connectivity index is 1.31. The molecule has 154 valence electrons. The molecule has 3 aromatic rings. The average molecular weight is 404 g/mol. The summed E-state index contributed by atoms with van der Waals surface area (Å²) in [6, 6.07) is 12.3. The Morgan fingerprint density at radius 2 is 1.83 bits per heavy atom. The number of carbonyl (C=O) groups is 2. The SMILES string of the molecule is O=C(NCc1cccnc1-n1cccn1)Nc1ccc(C(=O)NC2CCCC2)cc1. The molecule has 1 aliphatic carbocycles. The lowest BCUT2D eigenvalue weighted by atomic mass is 10.1. The normalized spacial score (nSPS) is 13.7. The van der Waals surface area contributed by atoms with Gasteiger partial charge in [-0.15, -0.1) is 0 Å². The zero-order valence-corrected chi connectivity index (χ0v) is 16.5. The highest BCUT2D eigenvalue weighted by molar-refractivity contribution is 5.95. The molecule has 30 heavy (non-hydrogen) atoms. The number of hydrogen-bond acceptors (Lipinski definition) is 4. The molecule has 0 atom stereocenters. The van der Waals surface area contributed by atoms with Crippen molar-refractivity contribution in [3.05, 3.63) is 72.2 Å². The monoisotopic (exact) mass is 404 g/mol. The maximum Gasteiger partial charge on any atom is 0.319 e. The summed E-state index contributed by atoms with van der Waals surface area (Å²) in [4.78, 5) is 28.9. The van der Waals surface area contributed by atoms with Crippen LogP contribution in [0, 0.1) is 0 Å². The minimum atomic E-state index is -0.339. The number of hydrogen-bond donors (Lipinski definition) is 3. The molecule has 1 aromatic carbocycles. The van der Waals surface area contributed by atoms with Crippen molar-refractivity contribution in [1.82, 2.24) is 25.4 Å².